The number of amides is 1. The van der Waals surface area contributed by atoms with Gasteiger partial charge in [-0.2, -0.15) is 0 Å². The highest BCUT2D eigenvalue weighted by molar-refractivity contribution is 7.85. The van der Waals surface area contributed by atoms with Gasteiger partial charge in [0.2, 0.25) is 5.91 Å². The number of carbonyl (C=O) groups excluding carboxylic acids is 1. The molecule has 47 heavy (non-hydrogen) atoms. The van der Waals surface area contributed by atoms with Crippen LogP contribution in [0.1, 0.15) is 97.3 Å². The van der Waals surface area contributed by atoms with Crippen molar-refractivity contribution < 1.29 is 22.2 Å². The molecule has 0 saturated heterocycles. The summed E-state index contributed by atoms with van der Waals surface area (Å²) in [6.45, 7) is 6.51. The Morgan fingerprint density at radius 1 is 0.809 bits per heavy atom. The highest BCUT2D eigenvalue weighted by atomic mass is 32.2. The van der Waals surface area contributed by atoms with E-state index in [1.165, 1.54) is 51.0 Å². The Morgan fingerprint density at radius 3 is 2.15 bits per heavy atom. The van der Waals surface area contributed by atoms with Crippen LogP contribution in [0.15, 0.2) is 57.7 Å². The molecular formula is C37H50N3O6S-. The van der Waals surface area contributed by atoms with E-state index in [9.17, 15) is 22.6 Å². The van der Waals surface area contributed by atoms with Crippen molar-refractivity contribution in [3.8, 4) is 11.5 Å². The van der Waals surface area contributed by atoms with E-state index in [0.29, 0.717) is 53.9 Å². The lowest BCUT2D eigenvalue weighted by Gasteiger charge is -2.26. The highest BCUT2D eigenvalue weighted by Crippen LogP contribution is 2.31. The second-order valence-corrected chi connectivity index (χ2v) is 14.0. The van der Waals surface area contributed by atoms with E-state index in [-0.39, 0.29) is 24.3 Å². The molecule has 1 aliphatic heterocycles. The molecule has 256 valence electrons. The molecule has 1 amide bonds. The summed E-state index contributed by atoms with van der Waals surface area (Å²) in [5.74, 6) is -0.0218. The quantitative estimate of drug-likeness (QED) is 0.0384. The number of hydrogen-bond acceptors (Lipinski definition) is 8. The maximum atomic E-state index is 13.2. The van der Waals surface area contributed by atoms with E-state index in [4.69, 9.17) is 9.40 Å². The average molecular weight is 665 g/mol. The predicted octanol–water partition coefficient (Wildman–Crippen LogP) is 7.74. The van der Waals surface area contributed by atoms with Gasteiger partial charge >= 0.3 is 0 Å². The number of nitrogens with zero attached hydrogens (tertiary/aromatic N) is 3. The first-order valence-corrected chi connectivity index (χ1v) is 19.0. The van der Waals surface area contributed by atoms with Crippen LogP contribution in [0.4, 0.5) is 5.69 Å². The van der Waals surface area contributed by atoms with Gasteiger partial charge in [0.05, 0.1) is 10.1 Å². The van der Waals surface area contributed by atoms with Gasteiger partial charge in [0.1, 0.15) is 11.2 Å². The van der Waals surface area contributed by atoms with Crippen LogP contribution in [0.25, 0.3) is 33.3 Å². The molecule has 1 aliphatic carbocycles. The Kier molecular flexibility index (Phi) is 14.0. The smallest absolute Gasteiger partial charge is 0.222 e. The van der Waals surface area contributed by atoms with Crippen molar-refractivity contribution in [2.75, 3.05) is 36.8 Å². The summed E-state index contributed by atoms with van der Waals surface area (Å²) in [7, 11) is -4.31. The Hall–Kier alpha value is -3.50. The van der Waals surface area contributed by atoms with Gasteiger partial charge in [-0.15, -0.1) is 0 Å². The molecule has 2 aliphatic rings. The fourth-order valence-corrected chi connectivity index (χ4v) is 6.72. The lowest BCUT2D eigenvalue weighted by Crippen LogP contribution is -2.34. The molecule has 0 radical (unpaired) electrons. The van der Waals surface area contributed by atoms with Gasteiger partial charge in [-0.3, -0.25) is 9.59 Å². The fourth-order valence-electron chi connectivity index (χ4n) is 6.24. The summed E-state index contributed by atoms with van der Waals surface area (Å²) < 4.78 is 39.7. The van der Waals surface area contributed by atoms with Gasteiger partial charge in [0.25, 0.3) is 0 Å². The van der Waals surface area contributed by atoms with Crippen molar-refractivity contribution in [2.45, 2.75) is 97.3 Å². The van der Waals surface area contributed by atoms with Gasteiger partial charge in [-0.1, -0.05) is 89.0 Å². The summed E-state index contributed by atoms with van der Waals surface area (Å²) in [5, 5.41) is 1.38. The number of hydrogen-bond donors (Lipinski definition) is 0. The number of fused-ring (bicyclic) bond motifs is 4. The zero-order valence-electron chi connectivity index (χ0n) is 28.0. The number of aromatic nitrogens is 1. The van der Waals surface area contributed by atoms with Gasteiger partial charge < -0.3 is 18.8 Å². The van der Waals surface area contributed by atoms with Crippen LogP contribution >= 0.6 is 0 Å². The van der Waals surface area contributed by atoms with E-state index >= 15 is 0 Å². The minimum Gasteiger partial charge on any atom is -0.748 e. The van der Waals surface area contributed by atoms with E-state index in [1.54, 1.807) is 11.0 Å². The third kappa shape index (κ3) is 11.0. The first kappa shape index (κ1) is 36.3. The summed E-state index contributed by atoms with van der Waals surface area (Å²) in [6, 6.07) is 14.7. The van der Waals surface area contributed by atoms with Gasteiger partial charge in [0.15, 0.2) is 16.8 Å². The fraction of sp³-hybridized carbons (Fsp3) is 0.541. The number of unbranched alkanes of at least 4 members (excludes halogenated alkanes) is 9. The second-order valence-electron chi connectivity index (χ2n) is 12.5. The molecule has 1 heterocycles. The molecule has 0 saturated carbocycles. The van der Waals surface area contributed by atoms with Gasteiger partial charge in [0, 0.05) is 66.9 Å². The molecular weight excluding hydrogens is 614 g/mol. The van der Waals surface area contributed by atoms with Crippen LogP contribution in [0.5, 0.6) is 0 Å². The van der Waals surface area contributed by atoms with E-state index in [1.807, 2.05) is 36.4 Å². The van der Waals surface area contributed by atoms with Crippen molar-refractivity contribution in [3.63, 3.8) is 0 Å². The van der Waals surface area contributed by atoms with Crippen LogP contribution in [0, 0.1) is 0 Å². The van der Waals surface area contributed by atoms with Crippen LogP contribution in [-0.2, 0) is 14.9 Å². The lowest BCUT2D eigenvalue weighted by molar-refractivity contribution is -0.131. The first-order valence-electron chi connectivity index (χ1n) is 17.4. The monoisotopic (exact) mass is 664 g/mol. The topological polar surface area (TPSA) is 124 Å². The summed E-state index contributed by atoms with van der Waals surface area (Å²) >= 11 is 0. The molecule has 0 N–H and O–H groups in total. The maximum Gasteiger partial charge on any atom is 0.222 e. The third-order valence-electron chi connectivity index (χ3n) is 8.86. The summed E-state index contributed by atoms with van der Waals surface area (Å²) in [4.78, 5) is 34.6. The minimum absolute atomic E-state index is 0.00917. The average Bonchev–Trinajstić information content (AvgIpc) is 3.05. The molecule has 2 aromatic rings. The second kappa shape index (κ2) is 18.2. The summed E-state index contributed by atoms with van der Waals surface area (Å²) in [5.41, 5.74) is 2.75. The van der Waals surface area contributed by atoms with E-state index in [2.05, 4.69) is 18.7 Å². The molecule has 0 unspecified atom stereocenters. The SMILES string of the molecule is CCCCCCCCCCCCN(CCCS(=O)(=O)[O-])C(=O)CCCN(CC)c1ccc2nc3c4ccccc4c(=O)cc-3oc2c1. The van der Waals surface area contributed by atoms with E-state index < -0.39 is 15.9 Å². The van der Waals surface area contributed by atoms with Crippen LogP contribution in [0.3, 0.4) is 0 Å². The van der Waals surface area contributed by atoms with Crippen LogP contribution < -0.4 is 10.3 Å². The predicted molar refractivity (Wildman–Crippen MR) is 189 cm³/mol. The zero-order chi connectivity index (χ0) is 33.6. The normalized spacial score (nSPS) is 11.9. The number of rotatable bonds is 21. The highest BCUT2D eigenvalue weighted by Gasteiger charge is 2.17. The van der Waals surface area contributed by atoms with E-state index in [0.717, 1.165) is 36.9 Å². The Balaban J connectivity index is 1.32. The van der Waals surface area contributed by atoms with Crippen molar-refractivity contribution in [1.29, 1.82) is 0 Å². The van der Waals surface area contributed by atoms with Crippen molar-refractivity contribution in [3.05, 3.63) is 58.8 Å². The molecule has 0 fully saturated rings. The van der Waals surface area contributed by atoms with Crippen molar-refractivity contribution in [1.82, 2.24) is 9.88 Å². The first-order chi connectivity index (χ1) is 22.7. The molecule has 2 aromatic carbocycles. The molecule has 9 nitrogen and oxygen atoms in total. The van der Waals surface area contributed by atoms with Crippen LogP contribution in [0.2, 0.25) is 0 Å². The standard InChI is InChI=1S/C37H51N3O6S/c1-3-5-6-7-8-9-10-11-12-15-23-40(25-17-26-47(43,44)45)36(42)20-16-24-39(4-2)29-21-22-32-34(27-29)46-35-28-33(41)30-18-13-14-19-31(30)37(35)38-32/h13-14,18-19,21-22,27-28H,3-12,15-17,20,23-26H2,1-2H3,(H,43,44,45)/p-1. The largest absolute Gasteiger partial charge is 0.748 e. The lowest BCUT2D eigenvalue weighted by atomic mass is 10.0. The number of carbonyl (C=O) groups is 1. The summed E-state index contributed by atoms with van der Waals surface area (Å²) in [6.07, 6.45) is 13.1. The van der Waals surface area contributed by atoms with Crippen LogP contribution in [-0.4, -0.2) is 60.7 Å². The Labute approximate surface area is 279 Å². The van der Waals surface area contributed by atoms with Crippen molar-refractivity contribution in [2.24, 2.45) is 0 Å². The maximum absolute atomic E-state index is 13.2. The van der Waals surface area contributed by atoms with Crippen molar-refractivity contribution >= 4 is 43.6 Å². The molecule has 0 bridgehead atoms. The molecule has 4 rings (SSSR count). The number of benzene rings is 3. The van der Waals surface area contributed by atoms with Gasteiger partial charge in [-0.25, -0.2) is 13.4 Å². The molecule has 0 atom stereocenters. The zero-order valence-corrected chi connectivity index (χ0v) is 28.9. The Bertz CT molecular complexity index is 1720. The molecule has 0 aromatic heterocycles. The Morgan fingerprint density at radius 2 is 1.47 bits per heavy atom. The van der Waals surface area contributed by atoms with Gasteiger partial charge in [-0.05, 0) is 38.3 Å². The molecule has 0 spiro atoms. The molecule has 10 heteroatoms. The number of anilines is 1. The minimum atomic E-state index is -4.31. The third-order valence-corrected chi connectivity index (χ3v) is 9.65.